The van der Waals surface area contributed by atoms with Crippen LogP contribution in [-0.4, -0.2) is 25.6 Å². The summed E-state index contributed by atoms with van der Waals surface area (Å²) < 4.78 is 10.4. The monoisotopic (exact) mass is 404 g/mol. The van der Waals surface area contributed by atoms with E-state index in [2.05, 4.69) is 50.0 Å². The molecule has 0 saturated carbocycles. The highest BCUT2D eigenvalue weighted by molar-refractivity contribution is 6.02. The molecule has 4 heteroatoms. The lowest BCUT2D eigenvalue weighted by Crippen LogP contribution is -2.06. The molecule has 0 saturated heterocycles. The van der Waals surface area contributed by atoms with Crippen LogP contribution in [-0.2, 0) is 0 Å². The molecule has 2 aromatic rings. The van der Waals surface area contributed by atoms with Gasteiger partial charge >= 0.3 is 0 Å². The summed E-state index contributed by atoms with van der Waals surface area (Å²) in [5.41, 5.74) is 4.05. The van der Waals surface area contributed by atoms with Crippen molar-refractivity contribution < 1.29 is 9.47 Å². The predicted octanol–water partition coefficient (Wildman–Crippen LogP) is 6.54. The van der Waals surface area contributed by atoms with E-state index >= 15 is 0 Å². The molecule has 0 fully saturated rings. The summed E-state index contributed by atoms with van der Waals surface area (Å²) in [6.45, 7) is 8.48. The number of benzene rings is 2. The van der Waals surface area contributed by atoms with Crippen LogP contribution in [0.15, 0.2) is 70.9 Å². The minimum atomic E-state index is 0.266. The number of hydrogen-bond acceptors (Lipinski definition) is 4. The van der Waals surface area contributed by atoms with Crippen molar-refractivity contribution in [3.63, 3.8) is 0 Å². The van der Waals surface area contributed by atoms with E-state index in [1.807, 2.05) is 60.7 Å². The van der Waals surface area contributed by atoms with Crippen LogP contribution < -0.4 is 9.47 Å². The van der Waals surface area contributed by atoms with Crippen molar-refractivity contribution in [1.29, 1.82) is 0 Å². The number of allylic oxidation sites excluding steroid dienone is 2. The van der Waals surface area contributed by atoms with Crippen molar-refractivity contribution in [2.75, 3.05) is 14.2 Å². The highest BCUT2D eigenvalue weighted by Gasteiger charge is 2.04. The normalized spacial score (nSPS) is 13.1. The zero-order valence-electron chi connectivity index (χ0n) is 18.8. The van der Waals surface area contributed by atoms with E-state index in [9.17, 15) is 0 Å². The van der Waals surface area contributed by atoms with Crippen LogP contribution in [0.5, 0.6) is 11.5 Å². The van der Waals surface area contributed by atoms with E-state index in [4.69, 9.17) is 9.47 Å². The van der Waals surface area contributed by atoms with E-state index in [1.54, 1.807) is 14.2 Å². The highest BCUT2D eigenvalue weighted by Crippen LogP contribution is 2.14. The van der Waals surface area contributed by atoms with Crippen molar-refractivity contribution in [3.8, 4) is 11.5 Å². The summed E-state index contributed by atoms with van der Waals surface area (Å²) in [6, 6.07) is 15.9. The predicted molar refractivity (Wildman–Crippen MR) is 129 cm³/mol. The van der Waals surface area contributed by atoms with Gasteiger partial charge in [-0.05, 0) is 59.4 Å². The summed E-state index contributed by atoms with van der Waals surface area (Å²) in [5.74, 6) is 2.23. The van der Waals surface area contributed by atoms with Crippen molar-refractivity contribution >= 4 is 23.6 Å². The molecule has 0 amide bonds. The van der Waals surface area contributed by atoms with Crippen LogP contribution in [0.3, 0.4) is 0 Å². The molecule has 0 aliphatic carbocycles. The van der Waals surface area contributed by atoms with Crippen LogP contribution in [0, 0.1) is 11.8 Å². The lowest BCUT2D eigenvalue weighted by atomic mass is 10.1. The Bertz CT molecular complexity index is 826. The van der Waals surface area contributed by atoms with E-state index in [1.165, 1.54) is 0 Å². The maximum atomic E-state index is 5.21. The minimum absolute atomic E-state index is 0.266. The van der Waals surface area contributed by atoms with Crippen molar-refractivity contribution in [2.45, 2.75) is 27.7 Å². The molecule has 0 radical (unpaired) electrons. The molecule has 0 aliphatic heterocycles. The Morgan fingerprint density at radius 3 is 1.23 bits per heavy atom. The van der Waals surface area contributed by atoms with Crippen LogP contribution in [0.25, 0.3) is 12.2 Å². The molecule has 0 bridgehead atoms. The number of rotatable bonds is 9. The van der Waals surface area contributed by atoms with Crippen LogP contribution in [0.4, 0.5) is 0 Å². The molecule has 0 heterocycles. The highest BCUT2D eigenvalue weighted by atomic mass is 16.5. The van der Waals surface area contributed by atoms with E-state index in [-0.39, 0.29) is 11.8 Å². The zero-order valence-corrected chi connectivity index (χ0v) is 18.8. The minimum Gasteiger partial charge on any atom is -0.497 e. The molecule has 4 nitrogen and oxygen atoms in total. The number of methoxy groups -OCH3 is 2. The molecule has 2 aromatic carbocycles. The third-order valence-electron chi connectivity index (χ3n) is 4.59. The van der Waals surface area contributed by atoms with Gasteiger partial charge in [0.05, 0.1) is 25.6 Å². The fraction of sp³-hybridized carbons (Fsp3) is 0.308. The summed E-state index contributed by atoms with van der Waals surface area (Å²) in [5, 5.41) is 9.11. The molecule has 0 atom stereocenters. The van der Waals surface area contributed by atoms with Gasteiger partial charge in [-0.25, -0.2) is 0 Å². The summed E-state index contributed by atoms with van der Waals surface area (Å²) in [7, 11) is 3.34. The second-order valence-corrected chi connectivity index (χ2v) is 7.57. The van der Waals surface area contributed by atoms with Crippen molar-refractivity contribution in [3.05, 3.63) is 71.8 Å². The van der Waals surface area contributed by atoms with Gasteiger partial charge in [0.25, 0.3) is 0 Å². The third-order valence-corrected chi connectivity index (χ3v) is 4.59. The molecule has 0 aliphatic rings. The van der Waals surface area contributed by atoms with Gasteiger partial charge in [-0.15, -0.1) is 0 Å². The first kappa shape index (κ1) is 23.1. The van der Waals surface area contributed by atoms with E-state index < -0.39 is 0 Å². The molecule has 0 N–H and O–H groups in total. The Hall–Kier alpha value is -3.14. The van der Waals surface area contributed by atoms with Crippen LogP contribution in [0.1, 0.15) is 38.8 Å². The molecule has 30 heavy (non-hydrogen) atoms. The lowest BCUT2D eigenvalue weighted by molar-refractivity contribution is 0.414. The molecular weight excluding hydrogens is 372 g/mol. The fourth-order valence-electron chi connectivity index (χ4n) is 2.59. The van der Waals surface area contributed by atoms with Crippen LogP contribution >= 0.6 is 0 Å². The Labute approximate surface area is 180 Å². The Morgan fingerprint density at radius 2 is 0.967 bits per heavy atom. The van der Waals surface area contributed by atoms with Gasteiger partial charge in [0.15, 0.2) is 0 Å². The molecule has 0 aromatic heterocycles. The Balaban J connectivity index is 2.20. The van der Waals surface area contributed by atoms with Crippen molar-refractivity contribution in [2.24, 2.45) is 22.0 Å². The zero-order chi connectivity index (χ0) is 21.9. The Morgan fingerprint density at radius 1 is 0.633 bits per heavy atom. The van der Waals surface area contributed by atoms with Crippen LogP contribution in [0.2, 0.25) is 0 Å². The molecular formula is C26H32N2O2. The molecule has 0 unspecified atom stereocenters. The molecule has 2 rings (SSSR count). The standard InChI is InChI=1S/C26H32N2O2/c1-19(2)25(17-11-21-7-13-23(29-5)14-8-21)27-28-26(20(3)4)18-12-22-9-15-24(30-6)16-10-22/h7-20H,1-6H3/b17-11+,18-12+,27-25-,28-26+. The van der Waals surface area contributed by atoms with Crippen molar-refractivity contribution in [1.82, 2.24) is 0 Å². The summed E-state index contributed by atoms with van der Waals surface area (Å²) >= 11 is 0. The Kier molecular flexibility index (Phi) is 9.07. The maximum Gasteiger partial charge on any atom is 0.118 e. The topological polar surface area (TPSA) is 43.2 Å². The number of ether oxygens (including phenoxy) is 2. The first-order chi connectivity index (χ1) is 14.4. The van der Waals surface area contributed by atoms with Gasteiger partial charge in [-0.2, -0.15) is 10.2 Å². The molecule has 158 valence electrons. The average molecular weight is 405 g/mol. The number of hydrogen-bond donors (Lipinski definition) is 0. The van der Waals surface area contributed by atoms with Gasteiger partial charge in [-0.3, -0.25) is 0 Å². The smallest absolute Gasteiger partial charge is 0.118 e. The summed E-state index contributed by atoms with van der Waals surface area (Å²) in [6.07, 6.45) is 8.16. The average Bonchev–Trinajstić information content (AvgIpc) is 2.75. The van der Waals surface area contributed by atoms with Gasteiger partial charge in [0.1, 0.15) is 11.5 Å². The van der Waals surface area contributed by atoms with Gasteiger partial charge in [0.2, 0.25) is 0 Å². The largest absolute Gasteiger partial charge is 0.497 e. The first-order valence-corrected chi connectivity index (χ1v) is 10.2. The SMILES string of the molecule is COc1ccc(/C=C/C(=N\N=C(\C=C\c2ccc(OC)cc2)C(C)C)C(C)C)cc1. The third kappa shape index (κ3) is 7.36. The van der Waals surface area contributed by atoms with E-state index in [0.717, 1.165) is 34.0 Å². The summed E-state index contributed by atoms with van der Waals surface area (Å²) in [4.78, 5) is 0. The van der Waals surface area contributed by atoms with Gasteiger partial charge < -0.3 is 9.47 Å². The quantitative estimate of drug-likeness (QED) is 0.352. The van der Waals surface area contributed by atoms with Gasteiger partial charge in [-0.1, -0.05) is 64.1 Å². The maximum absolute atomic E-state index is 5.21. The molecule has 0 spiro atoms. The van der Waals surface area contributed by atoms with E-state index in [0.29, 0.717) is 0 Å². The van der Waals surface area contributed by atoms with Gasteiger partial charge in [0, 0.05) is 0 Å². The first-order valence-electron chi connectivity index (χ1n) is 10.2. The number of nitrogens with zero attached hydrogens (tertiary/aromatic N) is 2. The lowest BCUT2D eigenvalue weighted by Gasteiger charge is -2.06. The second-order valence-electron chi connectivity index (χ2n) is 7.57. The second kappa shape index (κ2) is 11.8. The fourth-order valence-corrected chi connectivity index (χ4v) is 2.59.